The first-order chi connectivity index (χ1) is 9.95. The van der Waals surface area contributed by atoms with Gasteiger partial charge in [-0.3, -0.25) is 0 Å². The smallest absolute Gasteiger partial charge is 0.387 e. The second-order valence-corrected chi connectivity index (χ2v) is 5.46. The van der Waals surface area contributed by atoms with Crippen LogP contribution in [0.15, 0.2) is 42.5 Å². The predicted octanol–water partition coefficient (Wildman–Crippen LogP) is 5.24. The summed E-state index contributed by atoms with van der Waals surface area (Å²) in [5, 5.41) is 0. The third-order valence-electron chi connectivity index (χ3n) is 2.88. The van der Waals surface area contributed by atoms with E-state index in [1.807, 2.05) is 0 Å². The van der Waals surface area contributed by atoms with Gasteiger partial charge in [-0.15, -0.1) is 0 Å². The summed E-state index contributed by atoms with van der Waals surface area (Å²) >= 11 is 3.40. The predicted molar refractivity (Wildman–Crippen MR) is 74.8 cm³/mol. The Morgan fingerprint density at radius 3 is 2.24 bits per heavy atom. The number of hydrogen-bond acceptors (Lipinski definition) is 1. The highest BCUT2D eigenvalue weighted by Crippen LogP contribution is 2.29. The van der Waals surface area contributed by atoms with Gasteiger partial charge in [0.25, 0.3) is 0 Å². The van der Waals surface area contributed by atoms with Crippen LogP contribution in [0.2, 0.25) is 0 Å². The molecule has 0 bridgehead atoms. The molecular weight excluding hydrogens is 352 g/mol. The van der Waals surface area contributed by atoms with Crippen LogP contribution in [0.5, 0.6) is 5.75 Å². The lowest BCUT2D eigenvalue weighted by Crippen LogP contribution is -2.02. The molecule has 0 fully saturated rings. The summed E-state index contributed by atoms with van der Waals surface area (Å²) in [6.45, 7) is -2.87. The Morgan fingerprint density at radius 2 is 1.67 bits per heavy atom. The third-order valence-corrected chi connectivity index (χ3v) is 3.73. The molecule has 21 heavy (non-hydrogen) atoms. The van der Waals surface area contributed by atoms with Crippen molar-refractivity contribution >= 4 is 15.9 Å². The van der Waals surface area contributed by atoms with E-state index in [0.717, 1.165) is 11.6 Å². The van der Waals surface area contributed by atoms with E-state index in [2.05, 4.69) is 20.7 Å². The highest BCUT2D eigenvalue weighted by atomic mass is 79.9. The van der Waals surface area contributed by atoms with Crippen molar-refractivity contribution in [3.63, 3.8) is 0 Å². The van der Waals surface area contributed by atoms with Gasteiger partial charge in [-0.25, -0.2) is 8.78 Å². The van der Waals surface area contributed by atoms with Gasteiger partial charge in [0.15, 0.2) is 0 Å². The summed E-state index contributed by atoms with van der Waals surface area (Å²) < 4.78 is 54.7. The Labute approximate surface area is 127 Å². The SMILES string of the molecule is Fc1ccc(CC(Br)c2ccc(OC(F)F)cc2)c(F)c1. The van der Waals surface area contributed by atoms with Crippen molar-refractivity contribution < 1.29 is 22.3 Å². The molecule has 0 radical (unpaired) electrons. The molecule has 0 heterocycles. The van der Waals surface area contributed by atoms with Gasteiger partial charge in [-0.1, -0.05) is 34.1 Å². The third kappa shape index (κ3) is 4.46. The molecule has 0 aliphatic carbocycles. The first kappa shape index (κ1) is 15.8. The van der Waals surface area contributed by atoms with Crippen molar-refractivity contribution in [2.75, 3.05) is 0 Å². The molecule has 6 heteroatoms. The number of rotatable bonds is 5. The number of alkyl halides is 3. The van der Waals surface area contributed by atoms with Crippen LogP contribution < -0.4 is 4.74 Å². The largest absolute Gasteiger partial charge is 0.435 e. The first-order valence-corrected chi connectivity index (χ1v) is 7.00. The van der Waals surface area contributed by atoms with Gasteiger partial charge in [-0.2, -0.15) is 8.78 Å². The fourth-order valence-corrected chi connectivity index (χ4v) is 2.51. The molecule has 1 unspecified atom stereocenters. The molecule has 0 amide bonds. The van der Waals surface area contributed by atoms with E-state index in [9.17, 15) is 17.6 Å². The average molecular weight is 363 g/mol. The van der Waals surface area contributed by atoms with Crippen LogP contribution in [0.4, 0.5) is 17.6 Å². The first-order valence-electron chi connectivity index (χ1n) is 6.08. The van der Waals surface area contributed by atoms with Crippen molar-refractivity contribution in [2.24, 2.45) is 0 Å². The molecule has 0 spiro atoms. The van der Waals surface area contributed by atoms with Crippen LogP contribution in [0, 0.1) is 11.6 Å². The molecular formula is C15H11BrF4O. The van der Waals surface area contributed by atoms with Gasteiger partial charge in [0, 0.05) is 10.9 Å². The van der Waals surface area contributed by atoms with E-state index in [1.165, 1.54) is 24.3 Å². The maximum absolute atomic E-state index is 13.6. The molecule has 0 aromatic heterocycles. The van der Waals surface area contributed by atoms with Gasteiger partial charge in [0.2, 0.25) is 0 Å². The highest BCUT2D eigenvalue weighted by molar-refractivity contribution is 9.09. The molecule has 0 aliphatic heterocycles. The summed E-state index contributed by atoms with van der Waals surface area (Å²) in [4.78, 5) is -0.224. The molecule has 112 valence electrons. The molecule has 0 saturated heterocycles. The van der Waals surface area contributed by atoms with Gasteiger partial charge in [-0.05, 0) is 35.7 Å². The van der Waals surface area contributed by atoms with Crippen LogP contribution in [0.1, 0.15) is 16.0 Å². The number of halogens is 5. The Kier molecular flexibility index (Phi) is 5.22. The lowest BCUT2D eigenvalue weighted by atomic mass is 10.0. The minimum Gasteiger partial charge on any atom is -0.435 e. The van der Waals surface area contributed by atoms with Gasteiger partial charge >= 0.3 is 6.61 Å². The number of ether oxygens (including phenoxy) is 1. The van der Waals surface area contributed by atoms with Gasteiger partial charge < -0.3 is 4.74 Å². The van der Waals surface area contributed by atoms with Crippen molar-refractivity contribution in [3.05, 3.63) is 65.2 Å². The molecule has 0 N–H and O–H groups in total. The number of hydrogen-bond donors (Lipinski definition) is 0. The maximum atomic E-state index is 13.6. The van der Waals surface area contributed by atoms with Crippen LogP contribution in [-0.2, 0) is 6.42 Å². The van der Waals surface area contributed by atoms with Crippen LogP contribution in [-0.4, -0.2) is 6.61 Å². The van der Waals surface area contributed by atoms with E-state index in [0.29, 0.717) is 12.0 Å². The average Bonchev–Trinajstić information content (AvgIpc) is 2.42. The van der Waals surface area contributed by atoms with Crippen molar-refractivity contribution in [1.29, 1.82) is 0 Å². The Morgan fingerprint density at radius 1 is 1.00 bits per heavy atom. The van der Waals surface area contributed by atoms with E-state index in [-0.39, 0.29) is 10.6 Å². The monoisotopic (exact) mass is 362 g/mol. The fraction of sp³-hybridized carbons (Fsp3) is 0.200. The minimum absolute atomic E-state index is 0.0569. The maximum Gasteiger partial charge on any atom is 0.387 e. The van der Waals surface area contributed by atoms with Gasteiger partial charge in [0.1, 0.15) is 17.4 Å². The van der Waals surface area contributed by atoms with E-state index >= 15 is 0 Å². The second kappa shape index (κ2) is 6.93. The molecule has 1 nitrogen and oxygen atoms in total. The zero-order valence-electron chi connectivity index (χ0n) is 10.7. The lowest BCUT2D eigenvalue weighted by molar-refractivity contribution is -0.0498. The van der Waals surface area contributed by atoms with E-state index in [1.54, 1.807) is 12.1 Å². The second-order valence-electron chi connectivity index (χ2n) is 4.35. The van der Waals surface area contributed by atoms with Crippen molar-refractivity contribution in [1.82, 2.24) is 0 Å². The van der Waals surface area contributed by atoms with Gasteiger partial charge in [0.05, 0.1) is 0 Å². The van der Waals surface area contributed by atoms with Crippen molar-refractivity contribution in [2.45, 2.75) is 17.9 Å². The molecule has 0 saturated carbocycles. The molecule has 2 aromatic rings. The summed E-state index contributed by atoms with van der Waals surface area (Å²) in [6, 6.07) is 9.45. The standard InChI is InChI=1S/C15H11BrF4O/c16-13(7-10-1-4-11(17)8-14(10)18)9-2-5-12(6-3-9)21-15(19)20/h1-6,8,13,15H,7H2. The van der Waals surface area contributed by atoms with Crippen LogP contribution in [0.3, 0.4) is 0 Å². The highest BCUT2D eigenvalue weighted by Gasteiger charge is 2.13. The molecule has 1 atom stereocenters. The summed E-state index contributed by atoms with van der Waals surface area (Å²) in [6.07, 6.45) is 0.307. The molecule has 2 aromatic carbocycles. The normalized spacial score (nSPS) is 12.5. The Bertz CT molecular complexity index is 601. The zero-order chi connectivity index (χ0) is 15.4. The lowest BCUT2D eigenvalue weighted by Gasteiger charge is -2.12. The summed E-state index contributed by atoms with van der Waals surface area (Å²) in [5.74, 6) is -1.19. The summed E-state index contributed by atoms with van der Waals surface area (Å²) in [7, 11) is 0. The fourth-order valence-electron chi connectivity index (χ4n) is 1.86. The Balaban J connectivity index is 2.07. The topological polar surface area (TPSA) is 9.23 Å². The zero-order valence-corrected chi connectivity index (χ0v) is 12.3. The van der Waals surface area contributed by atoms with Crippen molar-refractivity contribution in [3.8, 4) is 5.75 Å². The minimum atomic E-state index is -2.87. The Hall–Kier alpha value is -1.56. The van der Waals surface area contributed by atoms with Crippen LogP contribution >= 0.6 is 15.9 Å². The van der Waals surface area contributed by atoms with Crippen LogP contribution in [0.25, 0.3) is 0 Å². The van der Waals surface area contributed by atoms with E-state index < -0.39 is 18.2 Å². The summed E-state index contributed by atoms with van der Waals surface area (Å²) in [5.41, 5.74) is 1.14. The molecule has 0 aliphatic rings. The van der Waals surface area contributed by atoms with E-state index in [4.69, 9.17) is 0 Å². The number of benzene rings is 2. The molecule has 2 rings (SSSR count). The quantitative estimate of drug-likeness (QED) is 0.521.